The summed E-state index contributed by atoms with van der Waals surface area (Å²) in [7, 11) is 1.65. The minimum atomic E-state index is -0.382. The first-order valence-corrected chi connectivity index (χ1v) is 6.85. The quantitative estimate of drug-likeness (QED) is 0.304. The maximum absolute atomic E-state index is 13.0. The van der Waals surface area contributed by atoms with E-state index in [0.29, 0.717) is 17.7 Å². The molecule has 1 aromatic rings. The number of anilines is 1. The Balaban J connectivity index is 0.00000242. The summed E-state index contributed by atoms with van der Waals surface area (Å²) in [4.78, 5) is 15.9. The van der Waals surface area contributed by atoms with E-state index >= 15 is 0 Å². The van der Waals surface area contributed by atoms with Crippen LogP contribution in [-0.2, 0) is 4.79 Å². The Morgan fingerprint density at radius 1 is 1.36 bits per heavy atom. The zero-order valence-electron chi connectivity index (χ0n) is 12.3. The number of hydrogen-bond donors (Lipinski definition) is 3. The van der Waals surface area contributed by atoms with Crippen LogP contribution < -0.4 is 16.0 Å². The van der Waals surface area contributed by atoms with Crippen LogP contribution in [0.1, 0.15) is 12.8 Å². The largest absolute Gasteiger partial charge is 0.353 e. The standard InChI is InChI=1S/C15H19FN4O.HI/c1-17-15(20-12-6-2-3-7-12)18-10-14(21)19-13-8-4-5-11(16)9-13;/h2-5,8-9,12H,6-7,10H2,1H3,(H,19,21)(H2,17,18,20);1H. The highest BCUT2D eigenvalue weighted by molar-refractivity contribution is 14.0. The highest BCUT2D eigenvalue weighted by Crippen LogP contribution is 2.09. The molecule has 1 aliphatic carbocycles. The van der Waals surface area contributed by atoms with Gasteiger partial charge in [0.15, 0.2) is 5.96 Å². The van der Waals surface area contributed by atoms with Crippen molar-refractivity contribution >= 4 is 41.5 Å². The van der Waals surface area contributed by atoms with Crippen LogP contribution in [0.25, 0.3) is 0 Å². The first kappa shape index (κ1) is 18.4. The molecule has 5 nitrogen and oxygen atoms in total. The van der Waals surface area contributed by atoms with Crippen molar-refractivity contribution in [1.82, 2.24) is 10.6 Å². The number of nitrogens with one attached hydrogen (secondary N) is 3. The Kier molecular flexibility index (Phi) is 7.86. The number of benzene rings is 1. The predicted octanol–water partition coefficient (Wildman–Crippen LogP) is 2.27. The predicted molar refractivity (Wildman–Crippen MR) is 97.1 cm³/mol. The van der Waals surface area contributed by atoms with Gasteiger partial charge in [-0.1, -0.05) is 18.2 Å². The average Bonchev–Trinajstić information content (AvgIpc) is 2.96. The van der Waals surface area contributed by atoms with E-state index in [-0.39, 0.29) is 42.2 Å². The maximum atomic E-state index is 13.0. The van der Waals surface area contributed by atoms with Gasteiger partial charge in [-0.05, 0) is 31.0 Å². The molecular weight excluding hydrogens is 398 g/mol. The van der Waals surface area contributed by atoms with Gasteiger partial charge in [0.1, 0.15) is 5.82 Å². The van der Waals surface area contributed by atoms with Gasteiger partial charge < -0.3 is 16.0 Å². The van der Waals surface area contributed by atoms with Gasteiger partial charge in [0.25, 0.3) is 0 Å². The molecule has 120 valence electrons. The van der Waals surface area contributed by atoms with Crippen molar-refractivity contribution in [2.45, 2.75) is 18.9 Å². The SMILES string of the molecule is CN=C(NCC(=O)Nc1cccc(F)c1)NC1CC=CC1.I. The van der Waals surface area contributed by atoms with E-state index in [2.05, 4.69) is 33.1 Å². The van der Waals surface area contributed by atoms with Gasteiger partial charge in [0.2, 0.25) is 5.91 Å². The van der Waals surface area contributed by atoms with Crippen molar-refractivity contribution in [3.05, 3.63) is 42.2 Å². The van der Waals surface area contributed by atoms with Gasteiger partial charge in [-0.2, -0.15) is 0 Å². The lowest BCUT2D eigenvalue weighted by Gasteiger charge is -2.16. The maximum Gasteiger partial charge on any atom is 0.243 e. The van der Waals surface area contributed by atoms with Gasteiger partial charge >= 0.3 is 0 Å². The van der Waals surface area contributed by atoms with E-state index in [1.165, 1.54) is 12.1 Å². The van der Waals surface area contributed by atoms with Gasteiger partial charge in [0, 0.05) is 18.8 Å². The molecular formula is C15H20FIN4O. The molecule has 0 aliphatic heterocycles. The summed E-state index contributed by atoms with van der Waals surface area (Å²) in [5.74, 6) is -0.0573. The minimum absolute atomic E-state index is 0. The van der Waals surface area contributed by atoms with E-state index < -0.39 is 0 Å². The molecule has 1 aromatic carbocycles. The van der Waals surface area contributed by atoms with Crippen LogP contribution in [-0.4, -0.2) is 31.5 Å². The van der Waals surface area contributed by atoms with Gasteiger partial charge in [-0.15, -0.1) is 24.0 Å². The molecule has 0 spiro atoms. The van der Waals surface area contributed by atoms with Crippen LogP contribution >= 0.6 is 24.0 Å². The van der Waals surface area contributed by atoms with E-state index in [1.807, 2.05) is 0 Å². The van der Waals surface area contributed by atoms with Crippen molar-refractivity contribution in [2.75, 3.05) is 18.9 Å². The molecule has 0 atom stereocenters. The Hall–Kier alpha value is -1.64. The van der Waals surface area contributed by atoms with Crippen molar-refractivity contribution in [3.63, 3.8) is 0 Å². The molecule has 0 unspecified atom stereocenters. The topological polar surface area (TPSA) is 65.5 Å². The second kappa shape index (κ2) is 9.39. The average molecular weight is 418 g/mol. The van der Waals surface area contributed by atoms with Crippen molar-refractivity contribution in [3.8, 4) is 0 Å². The molecule has 0 aromatic heterocycles. The van der Waals surface area contributed by atoms with E-state index in [1.54, 1.807) is 19.2 Å². The number of carbonyl (C=O) groups is 1. The smallest absolute Gasteiger partial charge is 0.243 e. The molecule has 0 radical (unpaired) electrons. The molecule has 0 saturated carbocycles. The van der Waals surface area contributed by atoms with Crippen LogP contribution in [0.5, 0.6) is 0 Å². The van der Waals surface area contributed by atoms with Crippen LogP contribution in [0.4, 0.5) is 10.1 Å². The summed E-state index contributed by atoms with van der Waals surface area (Å²) >= 11 is 0. The third-order valence-electron chi connectivity index (χ3n) is 3.10. The fraction of sp³-hybridized carbons (Fsp3) is 0.333. The number of hydrogen-bond acceptors (Lipinski definition) is 2. The number of carbonyl (C=O) groups excluding carboxylic acids is 1. The number of aliphatic imine (C=N–C) groups is 1. The normalized spacial score (nSPS) is 14.4. The van der Waals surface area contributed by atoms with Gasteiger partial charge in [-0.25, -0.2) is 4.39 Å². The molecule has 22 heavy (non-hydrogen) atoms. The summed E-state index contributed by atoms with van der Waals surface area (Å²) in [6, 6.07) is 6.11. The number of nitrogens with zero attached hydrogens (tertiary/aromatic N) is 1. The third-order valence-corrected chi connectivity index (χ3v) is 3.10. The van der Waals surface area contributed by atoms with E-state index in [4.69, 9.17) is 0 Å². The Bertz CT molecular complexity index is 554. The fourth-order valence-electron chi connectivity index (χ4n) is 2.06. The van der Waals surface area contributed by atoms with Crippen molar-refractivity contribution < 1.29 is 9.18 Å². The van der Waals surface area contributed by atoms with Crippen LogP contribution in [0, 0.1) is 5.82 Å². The fourth-order valence-corrected chi connectivity index (χ4v) is 2.06. The lowest BCUT2D eigenvalue weighted by molar-refractivity contribution is -0.115. The lowest BCUT2D eigenvalue weighted by atomic mass is 10.2. The summed E-state index contributed by atoms with van der Waals surface area (Å²) < 4.78 is 13.0. The molecule has 0 bridgehead atoms. The van der Waals surface area contributed by atoms with Gasteiger partial charge in [0.05, 0.1) is 6.54 Å². The zero-order chi connectivity index (χ0) is 15.1. The molecule has 7 heteroatoms. The monoisotopic (exact) mass is 418 g/mol. The van der Waals surface area contributed by atoms with Gasteiger partial charge in [-0.3, -0.25) is 9.79 Å². The molecule has 2 rings (SSSR count). The molecule has 0 fully saturated rings. The minimum Gasteiger partial charge on any atom is -0.353 e. The van der Waals surface area contributed by atoms with Crippen molar-refractivity contribution in [2.24, 2.45) is 4.99 Å². The highest BCUT2D eigenvalue weighted by atomic mass is 127. The van der Waals surface area contributed by atoms with Crippen LogP contribution in [0.2, 0.25) is 0 Å². The molecule has 3 N–H and O–H groups in total. The third kappa shape index (κ3) is 6.00. The summed E-state index contributed by atoms with van der Waals surface area (Å²) in [5, 5.41) is 8.79. The highest BCUT2D eigenvalue weighted by Gasteiger charge is 2.12. The summed E-state index contributed by atoms with van der Waals surface area (Å²) in [5.41, 5.74) is 0.435. The number of rotatable bonds is 4. The molecule has 0 heterocycles. The molecule has 1 amide bonds. The first-order chi connectivity index (χ1) is 10.2. The Morgan fingerprint density at radius 2 is 2.09 bits per heavy atom. The molecule has 0 saturated heterocycles. The second-order valence-electron chi connectivity index (χ2n) is 4.77. The summed E-state index contributed by atoms with van der Waals surface area (Å²) in [6.45, 7) is 0.0658. The number of amides is 1. The van der Waals surface area contributed by atoms with Crippen LogP contribution in [0.15, 0.2) is 41.4 Å². The van der Waals surface area contributed by atoms with E-state index in [0.717, 1.165) is 12.8 Å². The number of guanidine groups is 1. The molecule has 1 aliphatic rings. The first-order valence-electron chi connectivity index (χ1n) is 6.85. The zero-order valence-corrected chi connectivity index (χ0v) is 14.6. The number of halogens is 2. The van der Waals surface area contributed by atoms with Crippen molar-refractivity contribution in [1.29, 1.82) is 0 Å². The van der Waals surface area contributed by atoms with Crippen LogP contribution in [0.3, 0.4) is 0 Å². The Labute approximate surface area is 146 Å². The van der Waals surface area contributed by atoms with E-state index in [9.17, 15) is 9.18 Å². The lowest BCUT2D eigenvalue weighted by Crippen LogP contribution is -2.45. The second-order valence-corrected chi connectivity index (χ2v) is 4.77. The summed E-state index contributed by atoms with van der Waals surface area (Å²) in [6.07, 6.45) is 6.13. The Morgan fingerprint density at radius 3 is 2.73 bits per heavy atom.